The molecule has 1 atom stereocenters. The van der Waals surface area contributed by atoms with Crippen molar-refractivity contribution in [1.82, 2.24) is 5.32 Å². The monoisotopic (exact) mass is 432 g/mol. The molecule has 2 aromatic carbocycles. The fourth-order valence-corrected chi connectivity index (χ4v) is 5.48. The van der Waals surface area contributed by atoms with E-state index in [1.165, 1.54) is 12.1 Å². The summed E-state index contributed by atoms with van der Waals surface area (Å²) in [7, 11) is -2.18. The van der Waals surface area contributed by atoms with Gasteiger partial charge in [-0.05, 0) is 41.8 Å². The van der Waals surface area contributed by atoms with E-state index in [0.29, 0.717) is 19.8 Å². The Hall–Kier alpha value is -2.29. The number of carbonyl (C=O) groups excluding carboxylic acids is 1. The van der Waals surface area contributed by atoms with Crippen LogP contribution < -0.4 is 20.6 Å². The summed E-state index contributed by atoms with van der Waals surface area (Å²) in [5.74, 6) is -0.808. The van der Waals surface area contributed by atoms with E-state index in [4.69, 9.17) is 9.47 Å². The highest BCUT2D eigenvalue weighted by atomic mass is 28.3. The van der Waals surface area contributed by atoms with Gasteiger partial charge in [0.15, 0.2) is 0 Å². The lowest BCUT2D eigenvalue weighted by Gasteiger charge is -2.29. The summed E-state index contributed by atoms with van der Waals surface area (Å²) in [5.41, 5.74) is 1.99. The molecule has 0 unspecified atom stereocenters. The van der Waals surface area contributed by atoms with Gasteiger partial charge in [0.1, 0.15) is 29.5 Å². The second-order valence-electron chi connectivity index (χ2n) is 8.83. The van der Waals surface area contributed by atoms with Gasteiger partial charge < -0.3 is 20.1 Å². The number of benzene rings is 2. The Bertz CT molecular complexity index is 950. The third-order valence-corrected chi connectivity index (χ3v) is 7.38. The number of ether oxygens (including phenoxy) is 2. The number of hydrogen-bond acceptors (Lipinski definition) is 4. The molecule has 0 spiro atoms. The van der Waals surface area contributed by atoms with Crippen molar-refractivity contribution in [3.05, 3.63) is 53.1 Å². The average molecular weight is 433 g/mol. The standard InChI is InChI=1S/C22H26F2N2O3Si/c1-30(2,3)21-18(23)9-14(10-19(21)24)26-22(27)20-17-5-4-15(29-16-11-28-12-16)8-13(17)6-7-25-20/h4-5,8-10,16,20,25H,6-7,11-12H2,1-3H3,(H,26,27)/t20-/m1/s1. The van der Waals surface area contributed by atoms with Crippen LogP contribution in [0.3, 0.4) is 0 Å². The molecule has 0 bridgehead atoms. The summed E-state index contributed by atoms with van der Waals surface area (Å²) in [4.78, 5) is 12.9. The number of amides is 1. The smallest absolute Gasteiger partial charge is 0.246 e. The number of rotatable bonds is 5. The zero-order valence-electron chi connectivity index (χ0n) is 17.4. The molecule has 2 heterocycles. The maximum absolute atomic E-state index is 14.5. The molecular weight excluding hydrogens is 406 g/mol. The van der Waals surface area contributed by atoms with Gasteiger partial charge in [-0.3, -0.25) is 4.79 Å². The van der Waals surface area contributed by atoms with Crippen LogP contribution in [-0.2, 0) is 16.0 Å². The minimum atomic E-state index is -2.18. The lowest BCUT2D eigenvalue weighted by Crippen LogP contribution is -2.42. The molecule has 1 fully saturated rings. The zero-order valence-corrected chi connectivity index (χ0v) is 18.4. The molecule has 5 nitrogen and oxygen atoms in total. The van der Waals surface area contributed by atoms with Crippen LogP contribution in [0.5, 0.6) is 5.75 Å². The highest BCUT2D eigenvalue weighted by molar-refractivity contribution is 6.88. The van der Waals surface area contributed by atoms with E-state index in [1.807, 2.05) is 37.8 Å². The SMILES string of the molecule is C[Si](C)(C)c1c(F)cc(NC(=O)[C@@H]2NCCc3cc(OC4COC4)ccc32)cc1F. The van der Waals surface area contributed by atoms with Crippen LogP contribution in [0.1, 0.15) is 17.2 Å². The van der Waals surface area contributed by atoms with Gasteiger partial charge in [0, 0.05) is 17.4 Å². The topological polar surface area (TPSA) is 59.6 Å². The van der Waals surface area contributed by atoms with Crippen molar-refractivity contribution in [2.45, 2.75) is 38.2 Å². The molecule has 0 aromatic heterocycles. The quantitative estimate of drug-likeness (QED) is 0.713. The van der Waals surface area contributed by atoms with Gasteiger partial charge in [-0.25, -0.2) is 8.78 Å². The number of hydrogen-bond donors (Lipinski definition) is 2. The average Bonchev–Trinajstić information content (AvgIpc) is 2.62. The number of nitrogens with one attached hydrogen (secondary N) is 2. The Morgan fingerprint density at radius 1 is 1.17 bits per heavy atom. The molecule has 0 saturated carbocycles. The summed E-state index contributed by atoms with van der Waals surface area (Å²) in [6, 6.07) is 7.48. The molecule has 2 aliphatic heterocycles. The molecule has 1 amide bonds. The number of carbonyl (C=O) groups is 1. The fourth-order valence-electron chi connectivity index (χ4n) is 3.90. The molecule has 0 aliphatic carbocycles. The molecule has 0 radical (unpaired) electrons. The van der Waals surface area contributed by atoms with Crippen LogP contribution >= 0.6 is 0 Å². The Labute approximate surface area is 175 Å². The van der Waals surface area contributed by atoms with Gasteiger partial charge in [-0.15, -0.1) is 0 Å². The molecule has 2 aliphatic rings. The minimum absolute atomic E-state index is 0.0767. The largest absolute Gasteiger partial charge is 0.486 e. The maximum atomic E-state index is 14.5. The van der Waals surface area contributed by atoms with E-state index in [-0.39, 0.29) is 22.9 Å². The van der Waals surface area contributed by atoms with E-state index >= 15 is 0 Å². The Morgan fingerprint density at radius 3 is 2.47 bits per heavy atom. The van der Waals surface area contributed by atoms with Crippen LogP contribution in [-0.4, -0.2) is 39.8 Å². The highest BCUT2D eigenvalue weighted by Gasteiger charge is 2.29. The second-order valence-corrected chi connectivity index (χ2v) is 13.8. The van der Waals surface area contributed by atoms with E-state index in [1.54, 1.807) is 0 Å². The first kappa shape index (κ1) is 21.0. The van der Waals surface area contributed by atoms with Gasteiger partial charge in [0.25, 0.3) is 0 Å². The van der Waals surface area contributed by atoms with E-state index in [2.05, 4.69) is 10.6 Å². The first-order valence-corrected chi connectivity index (χ1v) is 13.6. The summed E-state index contributed by atoms with van der Waals surface area (Å²) >= 11 is 0. The third-order valence-electron chi connectivity index (χ3n) is 5.40. The predicted molar refractivity (Wildman–Crippen MR) is 114 cm³/mol. The molecule has 2 N–H and O–H groups in total. The number of anilines is 1. The van der Waals surface area contributed by atoms with Crippen molar-refractivity contribution in [2.24, 2.45) is 0 Å². The van der Waals surface area contributed by atoms with Crippen molar-refractivity contribution < 1.29 is 23.0 Å². The van der Waals surface area contributed by atoms with Crippen molar-refractivity contribution in [3.8, 4) is 5.75 Å². The predicted octanol–water partition coefficient (Wildman–Crippen LogP) is 3.11. The van der Waals surface area contributed by atoms with Crippen LogP contribution in [0, 0.1) is 11.6 Å². The molecular formula is C22H26F2N2O3Si. The van der Waals surface area contributed by atoms with Crippen LogP contribution in [0.4, 0.5) is 14.5 Å². The Balaban J connectivity index is 1.52. The molecule has 4 rings (SSSR count). The zero-order chi connectivity index (χ0) is 21.5. The van der Waals surface area contributed by atoms with Crippen LogP contribution in [0.25, 0.3) is 0 Å². The second kappa shape index (κ2) is 8.09. The molecule has 2 aromatic rings. The van der Waals surface area contributed by atoms with Gasteiger partial charge in [0.05, 0.1) is 21.3 Å². The minimum Gasteiger partial charge on any atom is -0.486 e. The van der Waals surface area contributed by atoms with Crippen molar-refractivity contribution >= 4 is 24.9 Å². The number of fused-ring (bicyclic) bond motifs is 1. The first-order chi connectivity index (χ1) is 14.2. The third kappa shape index (κ3) is 4.26. The normalized spacial score (nSPS) is 19.0. The summed E-state index contributed by atoms with van der Waals surface area (Å²) in [6.45, 7) is 7.45. The molecule has 1 saturated heterocycles. The summed E-state index contributed by atoms with van der Waals surface area (Å²) < 4.78 is 40.0. The maximum Gasteiger partial charge on any atom is 0.246 e. The van der Waals surface area contributed by atoms with Crippen molar-refractivity contribution in [2.75, 3.05) is 25.1 Å². The van der Waals surface area contributed by atoms with E-state index < -0.39 is 25.8 Å². The van der Waals surface area contributed by atoms with Crippen molar-refractivity contribution in [1.29, 1.82) is 0 Å². The summed E-state index contributed by atoms with van der Waals surface area (Å²) in [5, 5.41) is 6.00. The lowest BCUT2D eigenvalue weighted by atomic mass is 9.93. The molecule has 30 heavy (non-hydrogen) atoms. The van der Waals surface area contributed by atoms with E-state index in [0.717, 1.165) is 23.3 Å². The van der Waals surface area contributed by atoms with Crippen molar-refractivity contribution in [3.63, 3.8) is 0 Å². The fraction of sp³-hybridized carbons (Fsp3) is 0.409. The Kier molecular flexibility index (Phi) is 5.65. The van der Waals surface area contributed by atoms with E-state index in [9.17, 15) is 13.6 Å². The first-order valence-electron chi connectivity index (χ1n) is 10.1. The molecule has 160 valence electrons. The van der Waals surface area contributed by atoms with Gasteiger partial charge in [-0.1, -0.05) is 25.7 Å². The van der Waals surface area contributed by atoms with Gasteiger partial charge in [0.2, 0.25) is 5.91 Å². The van der Waals surface area contributed by atoms with Gasteiger partial charge >= 0.3 is 0 Å². The molecule has 8 heteroatoms. The van der Waals surface area contributed by atoms with Crippen LogP contribution in [0.15, 0.2) is 30.3 Å². The summed E-state index contributed by atoms with van der Waals surface area (Å²) in [6.07, 6.45) is 0.846. The van der Waals surface area contributed by atoms with Crippen LogP contribution in [0.2, 0.25) is 19.6 Å². The van der Waals surface area contributed by atoms with Gasteiger partial charge in [-0.2, -0.15) is 0 Å². The lowest BCUT2D eigenvalue weighted by molar-refractivity contribution is -0.118. The number of halogens is 2. The highest BCUT2D eigenvalue weighted by Crippen LogP contribution is 2.29. The Morgan fingerprint density at radius 2 is 1.87 bits per heavy atom.